The van der Waals surface area contributed by atoms with Crippen molar-refractivity contribution in [2.75, 3.05) is 5.32 Å². The van der Waals surface area contributed by atoms with E-state index in [0.29, 0.717) is 17.2 Å². The zero-order valence-electron chi connectivity index (χ0n) is 13.0. The summed E-state index contributed by atoms with van der Waals surface area (Å²) in [5, 5.41) is 16.5. The number of rotatable bonds is 4. The standard InChI is InChI=1S/C17H13N7O/c25-17(15-10-24(11-18-15)14-7-2-1-3-8-14)19-13-6-4-5-12(9-13)16-20-22-23-21-16/h1-11H,(H,19,25)(H,20,21,22,23). The maximum Gasteiger partial charge on any atom is 0.275 e. The van der Waals surface area contributed by atoms with Crippen LogP contribution in [0.15, 0.2) is 67.1 Å². The molecule has 2 N–H and O–H groups in total. The van der Waals surface area contributed by atoms with Crippen LogP contribution >= 0.6 is 0 Å². The third kappa shape index (κ3) is 3.13. The average Bonchev–Trinajstić information content (AvgIpc) is 3.35. The van der Waals surface area contributed by atoms with Crippen molar-refractivity contribution in [2.24, 2.45) is 0 Å². The molecular formula is C17H13N7O. The predicted octanol–water partition coefficient (Wildman–Crippen LogP) is 2.30. The van der Waals surface area contributed by atoms with Crippen molar-refractivity contribution in [1.82, 2.24) is 30.2 Å². The van der Waals surface area contributed by atoms with Crippen molar-refractivity contribution < 1.29 is 4.79 Å². The molecule has 0 aliphatic carbocycles. The molecule has 25 heavy (non-hydrogen) atoms. The molecule has 0 saturated heterocycles. The van der Waals surface area contributed by atoms with Crippen LogP contribution in [0.4, 0.5) is 5.69 Å². The van der Waals surface area contributed by atoms with Crippen molar-refractivity contribution >= 4 is 11.6 Å². The van der Waals surface area contributed by atoms with E-state index in [0.717, 1.165) is 11.3 Å². The van der Waals surface area contributed by atoms with Gasteiger partial charge in [0.2, 0.25) is 0 Å². The van der Waals surface area contributed by atoms with Crippen LogP contribution in [0.5, 0.6) is 0 Å². The minimum Gasteiger partial charge on any atom is -0.321 e. The van der Waals surface area contributed by atoms with Gasteiger partial charge in [-0.05, 0) is 34.7 Å². The van der Waals surface area contributed by atoms with E-state index in [4.69, 9.17) is 0 Å². The third-order valence-electron chi connectivity index (χ3n) is 3.61. The number of hydrogen-bond donors (Lipinski definition) is 2. The molecule has 0 fully saturated rings. The second-order valence-electron chi connectivity index (χ2n) is 5.29. The first-order valence-electron chi connectivity index (χ1n) is 7.54. The maximum atomic E-state index is 12.4. The second kappa shape index (κ2) is 6.36. The minimum absolute atomic E-state index is 0.289. The van der Waals surface area contributed by atoms with E-state index in [1.807, 2.05) is 42.5 Å². The summed E-state index contributed by atoms with van der Waals surface area (Å²) in [6.07, 6.45) is 3.30. The summed E-state index contributed by atoms with van der Waals surface area (Å²) in [6, 6.07) is 16.9. The van der Waals surface area contributed by atoms with Crippen LogP contribution in [0, 0.1) is 0 Å². The van der Waals surface area contributed by atoms with E-state index in [1.54, 1.807) is 29.2 Å². The minimum atomic E-state index is -0.289. The van der Waals surface area contributed by atoms with Gasteiger partial charge in [0.15, 0.2) is 5.82 Å². The fraction of sp³-hybridized carbons (Fsp3) is 0. The summed E-state index contributed by atoms with van der Waals surface area (Å²) in [6.45, 7) is 0. The highest BCUT2D eigenvalue weighted by molar-refractivity contribution is 6.03. The van der Waals surface area contributed by atoms with E-state index in [9.17, 15) is 4.79 Å². The van der Waals surface area contributed by atoms with Gasteiger partial charge in [-0.2, -0.15) is 0 Å². The van der Waals surface area contributed by atoms with Gasteiger partial charge in [-0.15, -0.1) is 5.10 Å². The number of nitrogens with one attached hydrogen (secondary N) is 2. The van der Waals surface area contributed by atoms with Crippen molar-refractivity contribution in [3.63, 3.8) is 0 Å². The molecule has 0 radical (unpaired) electrons. The molecule has 4 aromatic rings. The lowest BCUT2D eigenvalue weighted by molar-refractivity contribution is 0.102. The van der Waals surface area contributed by atoms with Crippen LogP contribution in [-0.2, 0) is 0 Å². The van der Waals surface area contributed by atoms with Gasteiger partial charge in [-0.1, -0.05) is 30.3 Å². The number of amides is 1. The molecule has 0 saturated carbocycles. The first-order valence-corrected chi connectivity index (χ1v) is 7.54. The van der Waals surface area contributed by atoms with E-state index < -0.39 is 0 Å². The van der Waals surface area contributed by atoms with Gasteiger partial charge in [0.25, 0.3) is 5.91 Å². The van der Waals surface area contributed by atoms with E-state index in [-0.39, 0.29) is 5.91 Å². The van der Waals surface area contributed by atoms with Gasteiger partial charge >= 0.3 is 0 Å². The number of aromatic nitrogens is 6. The van der Waals surface area contributed by atoms with E-state index in [2.05, 4.69) is 30.9 Å². The monoisotopic (exact) mass is 331 g/mol. The summed E-state index contributed by atoms with van der Waals surface area (Å²) in [5.41, 5.74) is 2.68. The Hall–Kier alpha value is -3.81. The lowest BCUT2D eigenvalue weighted by Crippen LogP contribution is -2.12. The maximum absolute atomic E-state index is 12.4. The Bertz CT molecular complexity index is 993. The average molecular weight is 331 g/mol. The van der Waals surface area contributed by atoms with Crippen molar-refractivity contribution in [3.8, 4) is 17.1 Å². The topological polar surface area (TPSA) is 101 Å². The lowest BCUT2D eigenvalue weighted by Gasteiger charge is -2.04. The van der Waals surface area contributed by atoms with Gasteiger partial charge in [0.1, 0.15) is 12.0 Å². The first-order chi connectivity index (χ1) is 12.3. The number of nitrogens with zero attached hydrogens (tertiary/aromatic N) is 5. The Morgan fingerprint density at radius 1 is 1.08 bits per heavy atom. The number of carbonyl (C=O) groups excluding carboxylic acids is 1. The Morgan fingerprint density at radius 3 is 2.76 bits per heavy atom. The summed E-state index contributed by atoms with van der Waals surface area (Å²) < 4.78 is 1.80. The SMILES string of the molecule is O=C(Nc1cccc(-c2nnn[nH]2)c1)c1cn(-c2ccccc2)cn1. The third-order valence-corrected chi connectivity index (χ3v) is 3.61. The molecule has 8 nitrogen and oxygen atoms in total. The predicted molar refractivity (Wildman–Crippen MR) is 91.1 cm³/mol. The van der Waals surface area contributed by atoms with Crippen LogP contribution in [-0.4, -0.2) is 36.1 Å². The molecule has 0 bridgehead atoms. The Balaban J connectivity index is 1.53. The van der Waals surface area contributed by atoms with Crippen LogP contribution in [0.3, 0.4) is 0 Å². The van der Waals surface area contributed by atoms with Gasteiger partial charge < -0.3 is 9.88 Å². The Labute approximate surface area is 142 Å². The summed E-state index contributed by atoms with van der Waals surface area (Å²) >= 11 is 0. The lowest BCUT2D eigenvalue weighted by atomic mass is 10.2. The highest BCUT2D eigenvalue weighted by Gasteiger charge is 2.11. The van der Waals surface area contributed by atoms with E-state index in [1.165, 1.54) is 0 Å². The van der Waals surface area contributed by atoms with Crippen molar-refractivity contribution in [1.29, 1.82) is 0 Å². The molecule has 8 heteroatoms. The quantitative estimate of drug-likeness (QED) is 0.597. The molecule has 2 aromatic heterocycles. The molecule has 122 valence electrons. The molecule has 1 amide bonds. The molecule has 0 unspecified atom stereocenters. The van der Waals surface area contributed by atoms with Gasteiger partial charge in [0, 0.05) is 23.1 Å². The molecule has 2 heterocycles. The first kappa shape index (κ1) is 14.8. The highest BCUT2D eigenvalue weighted by atomic mass is 16.1. The largest absolute Gasteiger partial charge is 0.321 e. The van der Waals surface area contributed by atoms with Gasteiger partial charge in [-0.3, -0.25) is 4.79 Å². The Morgan fingerprint density at radius 2 is 1.96 bits per heavy atom. The van der Waals surface area contributed by atoms with Crippen LogP contribution < -0.4 is 5.32 Å². The molecule has 0 aliphatic heterocycles. The van der Waals surface area contributed by atoms with Gasteiger partial charge in [0.05, 0.1) is 0 Å². The van der Waals surface area contributed by atoms with Gasteiger partial charge in [-0.25, -0.2) is 10.1 Å². The summed E-state index contributed by atoms with van der Waals surface area (Å²) in [4.78, 5) is 16.6. The summed E-state index contributed by atoms with van der Waals surface area (Å²) in [7, 11) is 0. The molecule has 0 atom stereocenters. The van der Waals surface area contributed by atoms with Crippen molar-refractivity contribution in [3.05, 3.63) is 72.8 Å². The number of aromatic amines is 1. The number of tetrazole rings is 1. The molecule has 2 aromatic carbocycles. The number of hydrogen-bond acceptors (Lipinski definition) is 5. The number of para-hydroxylation sites is 1. The van der Waals surface area contributed by atoms with Crippen LogP contribution in [0.2, 0.25) is 0 Å². The molecule has 0 aliphatic rings. The summed E-state index contributed by atoms with van der Waals surface area (Å²) in [5.74, 6) is 0.243. The van der Waals surface area contributed by atoms with Crippen LogP contribution in [0.1, 0.15) is 10.5 Å². The highest BCUT2D eigenvalue weighted by Crippen LogP contribution is 2.19. The fourth-order valence-electron chi connectivity index (χ4n) is 2.40. The number of carbonyl (C=O) groups is 1. The smallest absolute Gasteiger partial charge is 0.275 e. The zero-order chi connectivity index (χ0) is 17.1. The number of benzene rings is 2. The molecular weight excluding hydrogens is 318 g/mol. The van der Waals surface area contributed by atoms with E-state index >= 15 is 0 Å². The molecule has 4 rings (SSSR count). The number of imidazole rings is 1. The normalized spacial score (nSPS) is 10.6. The molecule has 0 spiro atoms. The fourth-order valence-corrected chi connectivity index (χ4v) is 2.40. The number of H-pyrrole nitrogens is 1. The Kier molecular flexibility index (Phi) is 3.76. The zero-order valence-corrected chi connectivity index (χ0v) is 13.0. The second-order valence-corrected chi connectivity index (χ2v) is 5.29. The van der Waals surface area contributed by atoms with Crippen molar-refractivity contribution in [2.45, 2.75) is 0 Å². The number of anilines is 1. The van der Waals surface area contributed by atoms with Crippen LogP contribution in [0.25, 0.3) is 17.1 Å².